The van der Waals surface area contributed by atoms with Crippen LogP contribution in [0.2, 0.25) is 0 Å². The quantitative estimate of drug-likeness (QED) is 0.375. The van der Waals surface area contributed by atoms with Crippen LogP contribution < -0.4 is 4.74 Å². The summed E-state index contributed by atoms with van der Waals surface area (Å²) in [5, 5.41) is 11.1. The van der Waals surface area contributed by atoms with Gasteiger partial charge in [-0.2, -0.15) is 0 Å². The molecule has 1 aromatic heterocycles. The van der Waals surface area contributed by atoms with Crippen LogP contribution in [0.15, 0.2) is 54.2 Å². The molecule has 1 N–H and O–H groups in total. The molecule has 174 valence electrons. The van der Waals surface area contributed by atoms with E-state index in [-0.39, 0.29) is 11.3 Å². The summed E-state index contributed by atoms with van der Waals surface area (Å²) in [7, 11) is 0. The predicted molar refractivity (Wildman–Crippen MR) is 123 cm³/mol. The van der Waals surface area contributed by atoms with Gasteiger partial charge in [-0.1, -0.05) is 13.0 Å². The van der Waals surface area contributed by atoms with Gasteiger partial charge in [0.2, 0.25) is 0 Å². The molecular formula is C25H29N3O5. The fourth-order valence-electron chi connectivity index (χ4n) is 4.11. The monoisotopic (exact) mass is 451 g/mol. The topological polar surface area (TPSA) is 92.2 Å². The normalized spacial score (nSPS) is 20.9. The summed E-state index contributed by atoms with van der Waals surface area (Å²) in [6.07, 6.45) is 2.51. The zero-order valence-electron chi connectivity index (χ0n) is 18.8. The highest BCUT2D eigenvalue weighted by Crippen LogP contribution is 2.38. The summed E-state index contributed by atoms with van der Waals surface area (Å²) >= 11 is 0. The number of carbonyl (C=O) groups is 2. The molecule has 2 fully saturated rings. The van der Waals surface area contributed by atoms with E-state index in [0.29, 0.717) is 49.9 Å². The van der Waals surface area contributed by atoms with Crippen LogP contribution in [0.4, 0.5) is 0 Å². The van der Waals surface area contributed by atoms with Gasteiger partial charge in [0.15, 0.2) is 0 Å². The Balaban J connectivity index is 1.66. The largest absolute Gasteiger partial charge is 0.507 e. The predicted octanol–water partition coefficient (Wildman–Crippen LogP) is 2.62. The van der Waals surface area contributed by atoms with Crippen molar-refractivity contribution in [3.05, 3.63) is 65.5 Å². The Kier molecular flexibility index (Phi) is 7.36. The van der Waals surface area contributed by atoms with Gasteiger partial charge in [0, 0.05) is 37.9 Å². The molecule has 2 aromatic rings. The van der Waals surface area contributed by atoms with Gasteiger partial charge in [-0.05, 0) is 42.8 Å². The molecule has 8 nitrogen and oxygen atoms in total. The lowest BCUT2D eigenvalue weighted by Crippen LogP contribution is -2.42. The molecule has 0 bridgehead atoms. The van der Waals surface area contributed by atoms with Crippen molar-refractivity contribution in [3.63, 3.8) is 0 Å². The molecule has 4 rings (SSSR count). The Labute approximate surface area is 193 Å². The Hall–Kier alpha value is -3.23. The van der Waals surface area contributed by atoms with Gasteiger partial charge >= 0.3 is 0 Å². The molecular weight excluding hydrogens is 422 g/mol. The third-order valence-corrected chi connectivity index (χ3v) is 5.87. The van der Waals surface area contributed by atoms with E-state index in [4.69, 9.17) is 9.47 Å². The van der Waals surface area contributed by atoms with E-state index in [0.717, 1.165) is 19.5 Å². The number of amides is 1. The number of Topliss-reactive ketones (excluding diaryl/α,β-unsaturated/α-hetero) is 1. The van der Waals surface area contributed by atoms with E-state index in [1.807, 2.05) is 13.0 Å². The molecule has 0 spiro atoms. The Bertz CT molecular complexity index is 1000. The maximum absolute atomic E-state index is 13.1. The Morgan fingerprint density at radius 1 is 1.12 bits per heavy atom. The number of ether oxygens (including phenoxy) is 2. The molecule has 8 heteroatoms. The number of ketones is 1. The summed E-state index contributed by atoms with van der Waals surface area (Å²) < 4.78 is 11.0. The highest BCUT2D eigenvalue weighted by molar-refractivity contribution is 6.46. The average molecular weight is 452 g/mol. The van der Waals surface area contributed by atoms with Gasteiger partial charge in [-0.25, -0.2) is 0 Å². The summed E-state index contributed by atoms with van der Waals surface area (Å²) in [6, 6.07) is 11.5. The molecule has 2 aliphatic heterocycles. The molecule has 0 aliphatic carbocycles. The van der Waals surface area contributed by atoms with Crippen molar-refractivity contribution in [2.75, 3.05) is 46.0 Å². The van der Waals surface area contributed by atoms with Crippen LogP contribution >= 0.6 is 0 Å². The summed E-state index contributed by atoms with van der Waals surface area (Å²) in [4.78, 5) is 34.2. The van der Waals surface area contributed by atoms with Crippen LogP contribution in [-0.2, 0) is 14.3 Å². The van der Waals surface area contributed by atoms with Gasteiger partial charge < -0.3 is 19.5 Å². The van der Waals surface area contributed by atoms with Crippen molar-refractivity contribution in [1.29, 1.82) is 0 Å². The zero-order chi connectivity index (χ0) is 23.2. The SMILES string of the molecule is CCCOc1ccc(/C(O)=C2/C(=O)C(=O)N(CCN3CCOCC3)C2c2ccccn2)cc1. The molecule has 1 aromatic carbocycles. The Morgan fingerprint density at radius 2 is 1.88 bits per heavy atom. The second-order valence-corrected chi connectivity index (χ2v) is 8.07. The van der Waals surface area contributed by atoms with Crippen LogP contribution in [0.25, 0.3) is 5.76 Å². The number of pyridine rings is 1. The van der Waals surface area contributed by atoms with E-state index >= 15 is 0 Å². The van der Waals surface area contributed by atoms with Gasteiger partial charge in [0.1, 0.15) is 17.6 Å². The number of rotatable bonds is 8. The number of benzene rings is 1. The first-order chi connectivity index (χ1) is 16.1. The minimum atomic E-state index is -0.747. The van der Waals surface area contributed by atoms with E-state index in [1.54, 1.807) is 42.6 Å². The fraction of sp³-hybridized carbons (Fsp3) is 0.400. The number of aromatic nitrogens is 1. The maximum Gasteiger partial charge on any atom is 0.295 e. The van der Waals surface area contributed by atoms with Crippen molar-refractivity contribution in [3.8, 4) is 5.75 Å². The van der Waals surface area contributed by atoms with Crippen LogP contribution in [0.1, 0.15) is 30.6 Å². The number of likely N-dealkylation sites (tertiary alicyclic amines) is 1. The summed E-state index contributed by atoms with van der Waals surface area (Å²) in [6.45, 7) is 6.46. The second kappa shape index (κ2) is 10.6. The van der Waals surface area contributed by atoms with Gasteiger partial charge in [0.25, 0.3) is 11.7 Å². The molecule has 33 heavy (non-hydrogen) atoms. The molecule has 1 amide bonds. The third kappa shape index (κ3) is 5.07. The Morgan fingerprint density at radius 3 is 2.55 bits per heavy atom. The third-order valence-electron chi connectivity index (χ3n) is 5.87. The van der Waals surface area contributed by atoms with Crippen molar-refractivity contribution >= 4 is 17.4 Å². The van der Waals surface area contributed by atoms with Gasteiger partial charge in [-0.15, -0.1) is 0 Å². The van der Waals surface area contributed by atoms with Crippen LogP contribution in [-0.4, -0.2) is 77.6 Å². The number of hydrogen-bond acceptors (Lipinski definition) is 7. The number of hydrogen-bond donors (Lipinski definition) is 1. The molecule has 1 atom stereocenters. The number of aliphatic hydroxyl groups is 1. The molecule has 2 saturated heterocycles. The standard InChI is InChI=1S/C25H29N3O5/c1-2-15-33-19-8-6-18(7-9-19)23(29)21-22(20-5-3-4-10-26-20)28(25(31)24(21)30)12-11-27-13-16-32-17-14-27/h3-10,22,29H,2,11-17H2,1H3/b23-21-. The fourth-order valence-corrected chi connectivity index (χ4v) is 4.11. The molecule has 2 aliphatic rings. The summed E-state index contributed by atoms with van der Waals surface area (Å²) in [5.74, 6) is -0.847. The first-order valence-electron chi connectivity index (χ1n) is 11.3. The highest BCUT2D eigenvalue weighted by Gasteiger charge is 2.46. The highest BCUT2D eigenvalue weighted by atomic mass is 16.5. The number of carbonyl (C=O) groups excluding carboxylic acids is 2. The number of nitrogens with zero attached hydrogens (tertiary/aromatic N) is 3. The lowest BCUT2D eigenvalue weighted by molar-refractivity contribution is -0.140. The van der Waals surface area contributed by atoms with Crippen molar-refractivity contribution < 1.29 is 24.2 Å². The van der Waals surface area contributed by atoms with Gasteiger partial charge in [-0.3, -0.25) is 19.5 Å². The summed E-state index contributed by atoms with van der Waals surface area (Å²) in [5.41, 5.74) is 1.05. The van der Waals surface area contributed by atoms with Crippen molar-refractivity contribution in [1.82, 2.24) is 14.8 Å². The van der Waals surface area contributed by atoms with E-state index in [1.165, 1.54) is 4.90 Å². The maximum atomic E-state index is 13.1. The van der Waals surface area contributed by atoms with Gasteiger partial charge in [0.05, 0.1) is 31.1 Å². The number of aliphatic hydroxyl groups excluding tert-OH is 1. The molecule has 0 saturated carbocycles. The van der Waals surface area contributed by atoms with Crippen molar-refractivity contribution in [2.45, 2.75) is 19.4 Å². The van der Waals surface area contributed by atoms with E-state index in [2.05, 4.69) is 9.88 Å². The number of morpholine rings is 1. The average Bonchev–Trinajstić information content (AvgIpc) is 3.12. The molecule has 3 heterocycles. The zero-order valence-corrected chi connectivity index (χ0v) is 18.8. The van der Waals surface area contributed by atoms with E-state index in [9.17, 15) is 14.7 Å². The van der Waals surface area contributed by atoms with E-state index < -0.39 is 17.7 Å². The van der Waals surface area contributed by atoms with Crippen molar-refractivity contribution in [2.24, 2.45) is 0 Å². The first kappa shape index (κ1) is 22.9. The second-order valence-electron chi connectivity index (χ2n) is 8.07. The van der Waals surface area contributed by atoms with Crippen LogP contribution in [0, 0.1) is 0 Å². The van der Waals surface area contributed by atoms with Crippen LogP contribution in [0.3, 0.4) is 0 Å². The lowest BCUT2D eigenvalue weighted by atomic mass is 9.98. The minimum Gasteiger partial charge on any atom is -0.507 e. The molecule has 1 unspecified atom stereocenters. The molecule has 0 radical (unpaired) electrons. The first-order valence-corrected chi connectivity index (χ1v) is 11.3. The minimum absolute atomic E-state index is 0.0582. The smallest absolute Gasteiger partial charge is 0.295 e. The lowest BCUT2D eigenvalue weighted by Gasteiger charge is -2.30. The van der Waals surface area contributed by atoms with Crippen LogP contribution in [0.5, 0.6) is 5.75 Å².